The lowest BCUT2D eigenvalue weighted by Gasteiger charge is -2.44. The van der Waals surface area contributed by atoms with E-state index in [0.29, 0.717) is 73.6 Å². The number of aromatic nitrogens is 1. The van der Waals surface area contributed by atoms with Gasteiger partial charge in [0.1, 0.15) is 23.9 Å². The van der Waals surface area contributed by atoms with Crippen LogP contribution in [0, 0.1) is 11.8 Å². The van der Waals surface area contributed by atoms with Gasteiger partial charge in [0.15, 0.2) is 0 Å². The maximum absolute atomic E-state index is 14.6. The number of carbonyl (C=O) groups is 4. The molecule has 2 unspecified atom stereocenters. The van der Waals surface area contributed by atoms with Crippen LogP contribution in [-0.2, 0) is 34.6 Å². The third-order valence-corrected chi connectivity index (χ3v) is 16.2. The van der Waals surface area contributed by atoms with Crippen molar-refractivity contribution in [2.75, 3.05) is 50.9 Å². The number of para-hydroxylation sites is 1. The number of rotatable bonds is 14. The van der Waals surface area contributed by atoms with Gasteiger partial charge in [0.05, 0.1) is 30.9 Å². The van der Waals surface area contributed by atoms with Crippen molar-refractivity contribution in [2.45, 2.75) is 88.6 Å². The fraction of sp³-hybridized carbons (Fsp3) is 0.500. The van der Waals surface area contributed by atoms with E-state index >= 15 is 0 Å². The van der Waals surface area contributed by atoms with Crippen LogP contribution < -0.4 is 19.8 Å². The number of thiophene rings is 1. The minimum absolute atomic E-state index is 0.00739. The molecule has 2 aromatic heterocycles. The van der Waals surface area contributed by atoms with Crippen molar-refractivity contribution in [2.24, 2.45) is 11.8 Å². The van der Waals surface area contributed by atoms with Crippen LogP contribution in [0.3, 0.4) is 0 Å². The molecule has 9 rings (SSSR count). The highest BCUT2D eigenvalue weighted by atomic mass is 32.1. The van der Waals surface area contributed by atoms with Crippen molar-refractivity contribution in [3.05, 3.63) is 89.1 Å². The molecule has 0 spiro atoms. The highest BCUT2D eigenvalue weighted by Crippen LogP contribution is 2.50. The zero-order chi connectivity index (χ0) is 43.0. The number of likely N-dealkylation sites (tertiary alicyclic amines) is 1. The molecule has 14 nitrogen and oxygen atoms in total. The van der Waals surface area contributed by atoms with Gasteiger partial charge in [0.2, 0.25) is 11.8 Å². The summed E-state index contributed by atoms with van der Waals surface area (Å²) in [7, 11) is -3.69. The summed E-state index contributed by atoms with van der Waals surface area (Å²) in [5.74, 6) is 0.425. The zero-order valence-electron chi connectivity index (χ0n) is 35.3. The fourth-order valence-electron chi connectivity index (χ4n) is 9.71. The van der Waals surface area contributed by atoms with Gasteiger partial charge in [-0.1, -0.05) is 31.2 Å². The van der Waals surface area contributed by atoms with Crippen molar-refractivity contribution < 1.29 is 37.7 Å². The molecule has 4 saturated heterocycles. The summed E-state index contributed by atoms with van der Waals surface area (Å²) in [6, 6.07) is 16.1. The summed E-state index contributed by atoms with van der Waals surface area (Å²) in [6.45, 7) is 7.97. The predicted octanol–water partition coefficient (Wildman–Crippen LogP) is 6.35. The largest absolute Gasteiger partial charge is 0.465 e. The van der Waals surface area contributed by atoms with Gasteiger partial charge in [0, 0.05) is 66.5 Å². The summed E-state index contributed by atoms with van der Waals surface area (Å²) in [6.07, 6.45) is 8.29. The lowest BCUT2D eigenvalue weighted by atomic mass is 9.90. The molecule has 5 fully saturated rings. The first-order valence-electron chi connectivity index (χ1n) is 22.0. The van der Waals surface area contributed by atoms with Crippen LogP contribution in [0.5, 0.6) is 5.75 Å². The summed E-state index contributed by atoms with van der Waals surface area (Å²) in [5, 5.41) is 6.82. The first-order valence-corrected chi connectivity index (χ1v) is 24.7. The average molecular weight is 883 g/mol. The van der Waals surface area contributed by atoms with Crippen molar-refractivity contribution in [1.82, 2.24) is 25.2 Å². The molecule has 7 atom stereocenters. The van der Waals surface area contributed by atoms with Gasteiger partial charge < -0.3 is 34.0 Å². The number of pyridine rings is 1. The van der Waals surface area contributed by atoms with Crippen LogP contribution in [-0.4, -0.2) is 109 Å². The van der Waals surface area contributed by atoms with Crippen LogP contribution in [0.1, 0.15) is 79.1 Å². The monoisotopic (exact) mass is 882 g/mol. The standard InChI is InChI=1S/C46H55N6O8PS/c1-3-17-59-46(56)29(2)49-61(57,60-36-7-5-4-6-8-36)28-30-9-12-41-33(20-30)24-42(62-41)43(53)48-38-23-32-21-31(32)22-35-10-11-40(52(35)44(38)54)45(55)51-26-34(27-51)37-25-47-14-13-39(37)50-15-18-58-19-16-50/h4-9,12-14,20,24-25,29,31-32,34-35,38,40H,3,10-11,15-19,21-23,26-28H2,1-2H3,(H,48,53)(H,49,57)/t29-,31+,32-,35+,38?,40-,61?/m0/s1. The maximum Gasteiger partial charge on any atom is 0.323 e. The number of amides is 3. The molecule has 0 radical (unpaired) electrons. The Morgan fingerprint density at radius 1 is 1.00 bits per heavy atom. The molecular formula is C46H55N6O8PS. The van der Waals surface area contributed by atoms with E-state index in [4.69, 9.17) is 14.0 Å². The number of carbonyl (C=O) groups excluding carboxylic acids is 4. The van der Waals surface area contributed by atoms with E-state index in [1.807, 2.05) is 53.4 Å². The molecule has 3 amide bonds. The number of fused-ring (bicyclic) bond motifs is 3. The number of hydrogen-bond acceptors (Lipinski definition) is 11. The Bertz CT molecular complexity index is 2350. The molecule has 62 heavy (non-hydrogen) atoms. The Morgan fingerprint density at radius 2 is 1.79 bits per heavy atom. The van der Waals surface area contributed by atoms with Crippen LogP contribution in [0.2, 0.25) is 0 Å². The van der Waals surface area contributed by atoms with E-state index in [9.17, 15) is 23.7 Å². The van der Waals surface area contributed by atoms with Crippen molar-refractivity contribution in [1.29, 1.82) is 0 Å². The topological polar surface area (TPSA) is 160 Å². The summed E-state index contributed by atoms with van der Waals surface area (Å²) in [5.41, 5.74) is 3.00. The smallest absolute Gasteiger partial charge is 0.323 e. The first kappa shape index (κ1) is 42.5. The van der Waals surface area contributed by atoms with Gasteiger partial charge >= 0.3 is 13.5 Å². The summed E-state index contributed by atoms with van der Waals surface area (Å²) >= 11 is 1.33. The average Bonchev–Trinajstić information content (AvgIpc) is 3.60. The minimum atomic E-state index is -3.69. The second-order valence-electron chi connectivity index (χ2n) is 17.5. The van der Waals surface area contributed by atoms with Crippen LogP contribution >= 0.6 is 18.9 Å². The summed E-state index contributed by atoms with van der Waals surface area (Å²) in [4.78, 5) is 66.4. The van der Waals surface area contributed by atoms with E-state index in [1.54, 1.807) is 37.3 Å². The molecule has 4 aromatic rings. The van der Waals surface area contributed by atoms with E-state index in [2.05, 4.69) is 26.4 Å². The highest BCUT2D eigenvalue weighted by Gasteiger charge is 2.52. The Balaban J connectivity index is 0.875. The third kappa shape index (κ3) is 9.13. The maximum atomic E-state index is 14.6. The molecule has 5 aliphatic rings. The molecule has 1 aliphatic carbocycles. The van der Waals surface area contributed by atoms with Crippen molar-refractivity contribution in [3.8, 4) is 5.75 Å². The molecule has 328 valence electrons. The molecule has 1 saturated carbocycles. The molecule has 6 heterocycles. The van der Waals surface area contributed by atoms with Crippen molar-refractivity contribution in [3.63, 3.8) is 0 Å². The van der Waals surface area contributed by atoms with Gasteiger partial charge in [0.25, 0.3) is 5.91 Å². The number of ether oxygens (including phenoxy) is 2. The number of hydrogen-bond donors (Lipinski definition) is 2. The highest BCUT2D eigenvalue weighted by molar-refractivity contribution is 7.56. The van der Waals surface area contributed by atoms with Gasteiger partial charge in [-0.15, -0.1) is 11.3 Å². The zero-order valence-corrected chi connectivity index (χ0v) is 37.0. The number of nitrogens with zero attached hydrogens (tertiary/aromatic N) is 4. The SMILES string of the molecule is CCCOC(=O)[C@H](C)NP(=O)(Cc1ccc2sc(C(=O)NC3C[C@@H]4C[C@@H]4C[C@H]4CC[C@@H](C(=O)N5CC(c6cnccc6N6CCOCC6)C5)N4C3=O)cc2c1)Oc1ccccc1. The second kappa shape index (κ2) is 18.1. The summed E-state index contributed by atoms with van der Waals surface area (Å²) < 4.78 is 32.2. The van der Waals surface area contributed by atoms with E-state index in [-0.39, 0.29) is 42.5 Å². The fourth-order valence-corrected chi connectivity index (χ4v) is 12.7. The van der Waals surface area contributed by atoms with E-state index < -0.39 is 31.6 Å². The number of morpholine rings is 1. The molecule has 16 heteroatoms. The van der Waals surface area contributed by atoms with Gasteiger partial charge in [-0.25, -0.2) is 5.09 Å². The van der Waals surface area contributed by atoms with Crippen LogP contribution in [0.15, 0.2) is 73.1 Å². The number of esters is 1. The molecular weight excluding hydrogens is 828 g/mol. The molecule has 2 aromatic carbocycles. The van der Waals surface area contributed by atoms with Crippen molar-refractivity contribution >= 4 is 58.3 Å². The Hall–Kier alpha value is -4.82. The molecule has 2 N–H and O–H groups in total. The molecule has 4 aliphatic heterocycles. The van der Waals surface area contributed by atoms with Crippen LogP contribution in [0.25, 0.3) is 10.1 Å². The van der Waals surface area contributed by atoms with Gasteiger partial charge in [-0.05, 0) is 105 Å². The number of anilines is 1. The lowest BCUT2D eigenvalue weighted by molar-refractivity contribution is -0.149. The van der Waals surface area contributed by atoms with E-state index in [0.717, 1.165) is 53.7 Å². The number of nitrogens with one attached hydrogen (secondary N) is 2. The normalized spacial score (nSPS) is 25.1. The Morgan fingerprint density at radius 3 is 2.58 bits per heavy atom. The van der Waals surface area contributed by atoms with E-state index in [1.165, 1.54) is 11.3 Å². The number of benzene rings is 2. The first-order chi connectivity index (χ1) is 30.1. The Labute approximate surface area is 366 Å². The van der Waals surface area contributed by atoms with Gasteiger partial charge in [-0.2, -0.15) is 0 Å². The molecule has 0 bridgehead atoms. The quantitative estimate of drug-likeness (QED) is 0.107. The lowest BCUT2D eigenvalue weighted by Crippen LogP contribution is -2.59. The second-order valence-corrected chi connectivity index (χ2v) is 20.6. The third-order valence-electron chi connectivity index (χ3n) is 13.0. The minimum Gasteiger partial charge on any atom is -0.465 e. The van der Waals surface area contributed by atoms with Crippen LogP contribution in [0.4, 0.5) is 5.69 Å². The van der Waals surface area contributed by atoms with Gasteiger partial charge in [-0.3, -0.25) is 28.7 Å². The predicted molar refractivity (Wildman–Crippen MR) is 236 cm³/mol. The Kier molecular flexibility index (Phi) is 12.4.